The van der Waals surface area contributed by atoms with Crippen LogP contribution in [0.25, 0.3) is 0 Å². The molecule has 4 atom stereocenters. The van der Waals surface area contributed by atoms with E-state index in [1.54, 1.807) is 0 Å². The highest BCUT2D eigenvalue weighted by Gasteiger charge is 2.44. The largest absolute Gasteiger partial charge is 0.394 e. The quantitative estimate of drug-likeness (QED) is 0.0453. The van der Waals surface area contributed by atoms with Crippen LogP contribution in [0, 0.1) is 0 Å². The van der Waals surface area contributed by atoms with Crippen LogP contribution in [0.1, 0.15) is 232 Å². The summed E-state index contributed by atoms with van der Waals surface area (Å²) in [5.74, 6) is -0.360. The predicted molar refractivity (Wildman–Crippen MR) is 202 cm³/mol. The number of rotatable bonds is 38. The standard InChI is InChI=1S/C42H83NO4/c1-3-5-7-9-11-13-15-17-18-19-20-21-22-23-24-25-27-29-31-33-35-39(45)42(46)43-38(37-44)41-40(47-41)36-34-32-30-28-26-16-14-12-10-8-6-4-2/h38-41,44-45H,3-37H2,1-2H3,(H,43,46)/t38-,39-,40+,41-/m1/s1. The Labute approximate surface area is 293 Å². The first-order chi connectivity index (χ1) is 23.1. The van der Waals surface area contributed by atoms with Gasteiger partial charge in [-0.15, -0.1) is 0 Å². The second-order valence-electron chi connectivity index (χ2n) is 15.1. The lowest BCUT2D eigenvalue weighted by atomic mass is 10.0. The number of amides is 1. The van der Waals surface area contributed by atoms with E-state index in [1.807, 2.05) is 0 Å². The van der Waals surface area contributed by atoms with Gasteiger partial charge >= 0.3 is 0 Å². The average molecular weight is 666 g/mol. The smallest absolute Gasteiger partial charge is 0.249 e. The minimum absolute atomic E-state index is 0.108. The number of carbonyl (C=O) groups excluding carboxylic acids is 1. The fraction of sp³-hybridized carbons (Fsp3) is 0.976. The van der Waals surface area contributed by atoms with Gasteiger partial charge in [-0.25, -0.2) is 0 Å². The predicted octanol–water partition coefficient (Wildman–Crippen LogP) is 11.9. The molecule has 1 aliphatic heterocycles. The number of carbonyl (C=O) groups is 1. The topological polar surface area (TPSA) is 82.1 Å². The summed E-state index contributed by atoms with van der Waals surface area (Å²) >= 11 is 0. The maximum atomic E-state index is 12.5. The summed E-state index contributed by atoms with van der Waals surface area (Å²) in [6.07, 6.45) is 43.5. The molecule has 1 fully saturated rings. The van der Waals surface area contributed by atoms with Crippen molar-refractivity contribution in [3.8, 4) is 0 Å². The Balaban J connectivity index is 1.87. The molecule has 1 aliphatic rings. The van der Waals surface area contributed by atoms with Crippen LogP contribution in [0.5, 0.6) is 0 Å². The summed E-state index contributed by atoms with van der Waals surface area (Å²) in [5, 5.41) is 23.1. The molecular weight excluding hydrogens is 582 g/mol. The summed E-state index contributed by atoms with van der Waals surface area (Å²) in [5.41, 5.74) is 0. The maximum Gasteiger partial charge on any atom is 0.249 e. The van der Waals surface area contributed by atoms with E-state index in [9.17, 15) is 15.0 Å². The van der Waals surface area contributed by atoms with Crippen molar-refractivity contribution in [2.24, 2.45) is 0 Å². The van der Waals surface area contributed by atoms with Gasteiger partial charge in [0.25, 0.3) is 0 Å². The third-order valence-electron chi connectivity index (χ3n) is 10.5. The second-order valence-corrected chi connectivity index (χ2v) is 15.1. The highest BCUT2D eigenvalue weighted by molar-refractivity contribution is 5.80. The fourth-order valence-electron chi connectivity index (χ4n) is 7.16. The van der Waals surface area contributed by atoms with E-state index in [0.717, 1.165) is 25.7 Å². The first-order valence-electron chi connectivity index (χ1n) is 21.4. The van der Waals surface area contributed by atoms with Crippen molar-refractivity contribution >= 4 is 5.91 Å². The molecule has 280 valence electrons. The lowest BCUT2D eigenvalue weighted by molar-refractivity contribution is -0.130. The van der Waals surface area contributed by atoms with Gasteiger partial charge in [0.2, 0.25) is 5.91 Å². The van der Waals surface area contributed by atoms with E-state index in [2.05, 4.69) is 19.2 Å². The number of hydrogen-bond donors (Lipinski definition) is 3. The molecular formula is C42H83NO4. The Kier molecular flexibility index (Phi) is 31.9. The molecule has 47 heavy (non-hydrogen) atoms. The highest BCUT2D eigenvalue weighted by atomic mass is 16.6. The first-order valence-corrected chi connectivity index (χ1v) is 21.4. The summed E-state index contributed by atoms with van der Waals surface area (Å²) in [6, 6.07) is -0.408. The van der Waals surface area contributed by atoms with Crippen LogP contribution in [-0.2, 0) is 9.53 Å². The van der Waals surface area contributed by atoms with Gasteiger partial charge in [0.15, 0.2) is 0 Å². The van der Waals surface area contributed by atoms with Gasteiger partial charge < -0.3 is 20.3 Å². The van der Waals surface area contributed by atoms with Crippen molar-refractivity contribution in [2.45, 2.75) is 257 Å². The van der Waals surface area contributed by atoms with E-state index in [4.69, 9.17) is 4.74 Å². The van der Waals surface area contributed by atoms with Gasteiger partial charge in [0.1, 0.15) is 12.2 Å². The molecule has 0 aromatic carbocycles. The van der Waals surface area contributed by atoms with E-state index in [1.165, 1.54) is 186 Å². The molecule has 5 nitrogen and oxygen atoms in total. The Morgan fingerprint density at radius 2 is 0.851 bits per heavy atom. The van der Waals surface area contributed by atoms with E-state index in [-0.39, 0.29) is 24.7 Å². The van der Waals surface area contributed by atoms with Gasteiger partial charge in [-0.2, -0.15) is 0 Å². The molecule has 5 heteroatoms. The van der Waals surface area contributed by atoms with Crippen molar-refractivity contribution in [1.82, 2.24) is 5.32 Å². The molecule has 1 rings (SSSR count). The van der Waals surface area contributed by atoms with Crippen LogP contribution in [0.4, 0.5) is 0 Å². The zero-order valence-electron chi connectivity index (χ0n) is 31.8. The Bertz CT molecular complexity index is 659. The van der Waals surface area contributed by atoms with E-state index < -0.39 is 12.1 Å². The molecule has 0 saturated carbocycles. The first kappa shape index (κ1) is 44.4. The number of unbranched alkanes of at least 4 members (excludes halogenated alkanes) is 30. The molecule has 1 heterocycles. The summed E-state index contributed by atoms with van der Waals surface area (Å²) in [7, 11) is 0. The Hall–Kier alpha value is -0.650. The van der Waals surface area contributed by atoms with Crippen LogP contribution in [0.15, 0.2) is 0 Å². The van der Waals surface area contributed by atoms with Crippen LogP contribution in [-0.4, -0.2) is 47.1 Å². The van der Waals surface area contributed by atoms with Crippen molar-refractivity contribution in [3.63, 3.8) is 0 Å². The number of epoxide rings is 1. The summed E-state index contributed by atoms with van der Waals surface area (Å²) in [6.45, 7) is 4.42. The van der Waals surface area contributed by atoms with Crippen LogP contribution in [0.2, 0.25) is 0 Å². The highest BCUT2D eigenvalue weighted by Crippen LogP contribution is 2.30. The van der Waals surface area contributed by atoms with Crippen molar-refractivity contribution < 1.29 is 19.7 Å². The van der Waals surface area contributed by atoms with E-state index in [0.29, 0.717) is 6.42 Å². The number of nitrogens with one attached hydrogen (secondary N) is 1. The number of hydrogen-bond acceptors (Lipinski definition) is 4. The Morgan fingerprint density at radius 3 is 1.19 bits per heavy atom. The minimum atomic E-state index is -0.992. The van der Waals surface area contributed by atoms with Crippen molar-refractivity contribution in [3.05, 3.63) is 0 Å². The molecule has 0 aromatic heterocycles. The van der Waals surface area contributed by atoms with Crippen LogP contribution in [0.3, 0.4) is 0 Å². The van der Waals surface area contributed by atoms with Gasteiger partial charge in [0, 0.05) is 0 Å². The van der Waals surface area contributed by atoms with Crippen LogP contribution >= 0.6 is 0 Å². The zero-order valence-corrected chi connectivity index (χ0v) is 31.8. The van der Waals surface area contributed by atoms with Crippen molar-refractivity contribution in [2.75, 3.05) is 6.61 Å². The molecule has 0 aliphatic carbocycles. The maximum absolute atomic E-state index is 12.5. The molecule has 1 saturated heterocycles. The number of aliphatic hydroxyl groups excluding tert-OH is 2. The zero-order chi connectivity index (χ0) is 34.0. The number of aliphatic hydroxyl groups is 2. The molecule has 0 radical (unpaired) electrons. The van der Waals surface area contributed by atoms with E-state index >= 15 is 0 Å². The van der Waals surface area contributed by atoms with Gasteiger partial charge in [-0.3, -0.25) is 4.79 Å². The third kappa shape index (κ3) is 27.8. The Morgan fingerprint density at radius 1 is 0.532 bits per heavy atom. The summed E-state index contributed by atoms with van der Waals surface area (Å²) in [4.78, 5) is 12.5. The monoisotopic (exact) mass is 666 g/mol. The second kappa shape index (κ2) is 33.8. The lowest BCUT2D eigenvalue weighted by Crippen LogP contribution is -2.46. The molecule has 3 N–H and O–H groups in total. The molecule has 0 unspecified atom stereocenters. The summed E-state index contributed by atoms with van der Waals surface area (Å²) < 4.78 is 5.80. The molecule has 1 amide bonds. The van der Waals surface area contributed by atoms with Gasteiger partial charge in [-0.1, -0.05) is 219 Å². The van der Waals surface area contributed by atoms with Crippen molar-refractivity contribution in [1.29, 1.82) is 0 Å². The SMILES string of the molecule is CCCCCCCCCCCCCCCCCCCCCC[C@@H](O)C(=O)N[C@H](CO)[C@H]1O[C@H]1CCCCCCCCCCCCCC. The average Bonchev–Trinajstić information content (AvgIpc) is 3.85. The third-order valence-corrected chi connectivity index (χ3v) is 10.5. The molecule has 0 bridgehead atoms. The normalized spacial score (nSPS) is 17.2. The fourth-order valence-corrected chi connectivity index (χ4v) is 7.16. The van der Waals surface area contributed by atoms with Gasteiger partial charge in [-0.05, 0) is 12.8 Å². The molecule has 0 spiro atoms. The minimum Gasteiger partial charge on any atom is -0.394 e. The van der Waals surface area contributed by atoms with Gasteiger partial charge in [0.05, 0.1) is 18.8 Å². The number of ether oxygens (including phenoxy) is 1. The lowest BCUT2D eigenvalue weighted by Gasteiger charge is -2.17. The van der Waals surface area contributed by atoms with Crippen LogP contribution < -0.4 is 5.32 Å². The molecule has 0 aromatic rings.